The molecule has 0 saturated carbocycles. The summed E-state index contributed by atoms with van der Waals surface area (Å²) < 4.78 is 5.24. The molecule has 80 valence electrons. The fourth-order valence-corrected chi connectivity index (χ4v) is 1.32. The lowest BCUT2D eigenvalue weighted by Crippen LogP contribution is -2.37. The molecule has 0 aromatic rings. The van der Waals surface area contributed by atoms with Gasteiger partial charge in [0.15, 0.2) is 0 Å². The largest absolute Gasteiger partial charge is 0.459 e. The van der Waals surface area contributed by atoms with Crippen LogP contribution in [-0.2, 0) is 14.3 Å². The van der Waals surface area contributed by atoms with Crippen molar-refractivity contribution in [1.82, 2.24) is 5.32 Å². The highest BCUT2D eigenvalue weighted by atomic mass is 16.6. The van der Waals surface area contributed by atoms with Crippen molar-refractivity contribution < 1.29 is 14.3 Å². The second-order valence-electron chi connectivity index (χ2n) is 5.02. The molecule has 14 heavy (non-hydrogen) atoms. The minimum atomic E-state index is -0.690. The van der Waals surface area contributed by atoms with Gasteiger partial charge in [0.25, 0.3) is 0 Å². The maximum Gasteiger partial charge on any atom is 0.314 e. The molecule has 1 amide bonds. The highest BCUT2D eigenvalue weighted by Gasteiger charge is 2.43. The molecule has 1 fully saturated rings. The predicted molar refractivity (Wildman–Crippen MR) is 51.6 cm³/mol. The van der Waals surface area contributed by atoms with Crippen LogP contribution in [0.1, 0.15) is 34.1 Å². The fraction of sp³-hybridized carbons (Fsp3) is 0.800. The molecule has 1 heterocycles. The average molecular weight is 199 g/mol. The van der Waals surface area contributed by atoms with Crippen LogP contribution in [0.15, 0.2) is 0 Å². The van der Waals surface area contributed by atoms with Crippen LogP contribution in [0.5, 0.6) is 0 Å². The molecule has 0 spiro atoms. The first-order valence-electron chi connectivity index (χ1n) is 4.73. The quantitative estimate of drug-likeness (QED) is 0.637. The van der Waals surface area contributed by atoms with Gasteiger partial charge in [0, 0.05) is 13.0 Å². The minimum Gasteiger partial charge on any atom is -0.459 e. The van der Waals surface area contributed by atoms with E-state index in [0.29, 0.717) is 6.54 Å². The van der Waals surface area contributed by atoms with Gasteiger partial charge in [-0.05, 0) is 27.7 Å². The van der Waals surface area contributed by atoms with Crippen LogP contribution in [-0.4, -0.2) is 24.0 Å². The van der Waals surface area contributed by atoms with Gasteiger partial charge in [-0.25, -0.2) is 0 Å². The van der Waals surface area contributed by atoms with Gasteiger partial charge in [-0.2, -0.15) is 0 Å². The maximum absolute atomic E-state index is 11.7. The van der Waals surface area contributed by atoms with E-state index in [0.717, 1.165) is 0 Å². The van der Waals surface area contributed by atoms with Gasteiger partial charge >= 0.3 is 5.97 Å². The van der Waals surface area contributed by atoms with Gasteiger partial charge in [-0.3, -0.25) is 9.59 Å². The Kier molecular flexibility index (Phi) is 2.56. The van der Waals surface area contributed by atoms with Crippen molar-refractivity contribution in [2.24, 2.45) is 5.41 Å². The average Bonchev–Trinajstić information content (AvgIpc) is 2.29. The summed E-state index contributed by atoms with van der Waals surface area (Å²) in [6.45, 7) is 7.58. The molecule has 0 aromatic heterocycles. The molecule has 0 aliphatic carbocycles. The number of carbonyl (C=O) groups excluding carboxylic acids is 2. The Morgan fingerprint density at radius 3 is 2.43 bits per heavy atom. The first kappa shape index (κ1) is 11.0. The molecule has 1 rings (SSSR count). The number of carbonyl (C=O) groups is 2. The van der Waals surface area contributed by atoms with Crippen molar-refractivity contribution in [3.05, 3.63) is 0 Å². The highest BCUT2D eigenvalue weighted by Crippen LogP contribution is 2.28. The smallest absolute Gasteiger partial charge is 0.314 e. The SMILES string of the molecule is CC(C)(C)OC(=O)C1(C)CNC(=O)C1. The molecule has 0 bridgehead atoms. The van der Waals surface area contributed by atoms with E-state index in [2.05, 4.69) is 5.32 Å². The normalized spacial score (nSPS) is 27.3. The zero-order valence-corrected chi connectivity index (χ0v) is 9.14. The van der Waals surface area contributed by atoms with Crippen LogP contribution in [0.4, 0.5) is 0 Å². The van der Waals surface area contributed by atoms with E-state index in [-0.39, 0.29) is 18.3 Å². The molecule has 1 saturated heterocycles. The molecule has 1 N–H and O–H groups in total. The highest BCUT2D eigenvalue weighted by molar-refractivity contribution is 5.89. The third kappa shape index (κ3) is 2.47. The molecule has 1 aliphatic heterocycles. The Labute approximate surface area is 84.0 Å². The van der Waals surface area contributed by atoms with Crippen molar-refractivity contribution in [2.75, 3.05) is 6.54 Å². The van der Waals surface area contributed by atoms with Gasteiger partial charge in [0.1, 0.15) is 5.60 Å². The Morgan fingerprint density at radius 2 is 2.07 bits per heavy atom. The van der Waals surface area contributed by atoms with E-state index < -0.39 is 11.0 Å². The molecule has 4 heteroatoms. The molecule has 1 aliphatic rings. The summed E-state index contributed by atoms with van der Waals surface area (Å²) in [5.74, 6) is -0.387. The van der Waals surface area contributed by atoms with Gasteiger partial charge in [-0.1, -0.05) is 0 Å². The summed E-state index contributed by atoms with van der Waals surface area (Å²) in [6, 6.07) is 0. The summed E-state index contributed by atoms with van der Waals surface area (Å²) >= 11 is 0. The monoisotopic (exact) mass is 199 g/mol. The molecule has 4 nitrogen and oxygen atoms in total. The van der Waals surface area contributed by atoms with Crippen LogP contribution in [0.2, 0.25) is 0 Å². The Hall–Kier alpha value is -1.06. The lowest BCUT2D eigenvalue weighted by atomic mass is 9.89. The molecular weight excluding hydrogens is 182 g/mol. The fourth-order valence-electron chi connectivity index (χ4n) is 1.32. The zero-order chi connectivity index (χ0) is 11.0. The van der Waals surface area contributed by atoms with Crippen molar-refractivity contribution in [3.63, 3.8) is 0 Å². The van der Waals surface area contributed by atoms with E-state index in [1.54, 1.807) is 6.92 Å². The predicted octanol–water partition coefficient (Wildman–Crippen LogP) is 0.854. The van der Waals surface area contributed by atoms with Gasteiger partial charge in [-0.15, -0.1) is 0 Å². The Balaban J connectivity index is 2.65. The number of amides is 1. The van der Waals surface area contributed by atoms with E-state index in [1.807, 2.05) is 20.8 Å². The molecule has 0 radical (unpaired) electrons. The summed E-state index contributed by atoms with van der Waals surface area (Å²) in [5, 5.41) is 2.64. The minimum absolute atomic E-state index is 0.0849. The number of esters is 1. The van der Waals surface area contributed by atoms with Gasteiger partial charge < -0.3 is 10.1 Å². The Bertz CT molecular complexity index is 267. The van der Waals surface area contributed by atoms with Crippen molar-refractivity contribution in [1.29, 1.82) is 0 Å². The van der Waals surface area contributed by atoms with E-state index in [1.165, 1.54) is 0 Å². The van der Waals surface area contributed by atoms with Gasteiger partial charge in [0.2, 0.25) is 5.91 Å². The number of hydrogen-bond donors (Lipinski definition) is 1. The standard InChI is InChI=1S/C10H17NO3/c1-9(2,3)14-8(13)10(4)5-7(12)11-6-10/h5-6H2,1-4H3,(H,11,12). The van der Waals surface area contributed by atoms with Crippen LogP contribution >= 0.6 is 0 Å². The number of hydrogen-bond acceptors (Lipinski definition) is 3. The van der Waals surface area contributed by atoms with Crippen molar-refractivity contribution >= 4 is 11.9 Å². The second-order valence-corrected chi connectivity index (χ2v) is 5.02. The lowest BCUT2D eigenvalue weighted by molar-refractivity contribution is -0.165. The van der Waals surface area contributed by atoms with E-state index in [4.69, 9.17) is 4.74 Å². The van der Waals surface area contributed by atoms with Crippen molar-refractivity contribution in [2.45, 2.75) is 39.7 Å². The summed E-state index contributed by atoms with van der Waals surface area (Å²) in [7, 11) is 0. The third-order valence-electron chi connectivity index (χ3n) is 2.12. The summed E-state index contributed by atoms with van der Waals surface area (Å²) in [5.41, 5.74) is -1.18. The number of ether oxygens (including phenoxy) is 1. The summed E-state index contributed by atoms with van der Waals surface area (Å²) in [4.78, 5) is 22.7. The van der Waals surface area contributed by atoms with Crippen LogP contribution in [0.25, 0.3) is 0 Å². The third-order valence-corrected chi connectivity index (χ3v) is 2.12. The maximum atomic E-state index is 11.7. The first-order chi connectivity index (χ1) is 6.23. The lowest BCUT2D eigenvalue weighted by Gasteiger charge is -2.26. The Morgan fingerprint density at radius 1 is 1.50 bits per heavy atom. The van der Waals surface area contributed by atoms with Crippen LogP contribution < -0.4 is 5.32 Å². The first-order valence-corrected chi connectivity index (χ1v) is 4.73. The van der Waals surface area contributed by atoms with Crippen LogP contribution in [0, 0.1) is 5.41 Å². The number of rotatable bonds is 1. The summed E-state index contributed by atoms with van der Waals surface area (Å²) in [6.07, 6.45) is 0.224. The van der Waals surface area contributed by atoms with Crippen LogP contribution in [0.3, 0.4) is 0 Å². The van der Waals surface area contributed by atoms with Crippen molar-refractivity contribution in [3.8, 4) is 0 Å². The van der Waals surface area contributed by atoms with Gasteiger partial charge in [0.05, 0.1) is 5.41 Å². The zero-order valence-electron chi connectivity index (χ0n) is 9.14. The van der Waals surface area contributed by atoms with E-state index >= 15 is 0 Å². The van der Waals surface area contributed by atoms with E-state index in [9.17, 15) is 9.59 Å². The number of nitrogens with one attached hydrogen (secondary N) is 1. The molecule has 0 aromatic carbocycles. The second kappa shape index (κ2) is 3.26. The topological polar surface area (TPSA) is 55.4 Å². The molecular formula is C10H17NO3. The molecule has 1 atom stereocenters. The molecule has 1 unspecified atom stereocenters.